The predicted molar refractivity (Wildman–Crippen MR) is 51.4 cm³/mol. The maximum atomic E-state index is 10.1. The van der Waals surface area contributed by atoms with Crippen LogP contribution < -0.4 is 5.32 Å². The first-order chi connectivity index (χ1) is 5.39. The first-order valence-electron chi connectivity index (χ1n) is 3.59. The highest BCUT2D eigenvalue weighted by Crippen LogP contribution is 2.27. The molecule has 0 radical (unpaired) electrons. The van der Waals surface area contributed by atoms with Gasteiger partial charge in [0.1, 0.15) is 0 Å². The molecule has 2 aliphatic heterocycles. The summed E-state index contributed by atoms with van der Waals surface area (Å²) in [4.78, 5) is 10.1. The minimum Gasteiger partial charge on any atom is -0.356 e. The van der Waals surface area contributed by atoms with E-state index in [2.05, 4.69) is 16.8 Å². The third kappa shape index (κ3) is 4.37. The number of carbonyl (C=O) groups excluding carboxylic acids is 1. The van der Waals surface area contributed by atoms with Crippen molar-refractivity contribution in [3.8, 4) is 0 Å². The molecule has 0 unspecified atom stereocenters. The normalized spacial score (nSPS) is 20.9. The van der Waals surface area contributed by atoms with Crippen LogP contribution in [0.1, 0.15) is 12.8 Å². The van der Waals surface area contributed by atoms with Crippen LogP contribution in [0.4, 0.5) is 0 Å². The van der Waals surface area contributed by atoms with Crippen LogP contribution in [0.3, 0.4) is 0 Å². The summed E-state index contributed by atoms with van der Waals surface area (Å²) >= 11 is 0. The summed E-state index contributed by atoms with van der Waals surface area (Å²) in [6.45, 7) is 0.888. The summed E-state index contributed by atoms with van der Waals surface area (Å²) < 4.78 is 0. The van der Waals surface area contributed by atoms with Gasteiger partial charge >= 0.3 is 0 Å². The van der Waals surface area contributed by atoms with Crippen molar-refractivity contribution in [2.75, 3.05) is 12.3 Å². The topological polar surface area (TPSA) is 29.1 Å². The van der Waals surface area contributed by atoms with Crippen molar-refractivity contribution in [2.24, 2.45) is 0 Å². The van der Waals surface area contributed by atoms with Crippen molar-refractivity contribution in [3.05, 3.63) is 11.5 Å². The van der Waals surface area contributed by atoms with Gasteiger partial charge < -0.3 is 5.32 Å². The lowest BCUT2D eigenvalue weighted by atomic mass is 10.4. The predicted octanol–water partition coefficient (Wildman–Crippen LogP) is 1.79. The molecule has 0 aromatic rings. The first kappa shape index (κ1) is 9.00. The molecule has 1 amide bonds. The molecule has 0 atom stereocenters. The van der Waals surface area contributed by atoms with Crippen molar-refractivity contribution < 1.29 is 4.79 Å². The Hall–Kier alpha value is -0.0900. The maximum absolute atomic E-state index is 10.1. The molecular weight excluding hydrogens is 178 g/mol. The summed E-state index contributed by atoms with van der Waals surface area (Å²) in [5.41, 5.74) is 0. The second kappa shape index (κ2) is 5.55. The number of hydrogen-bond donors (Lipinski definition) is 1. The highest BCUT2D eigenvalue weighted by atomic mass is 33.1. The van der Waals surface area contributed by atoms with Crippen LogP contribution in [0.15, 0.2) is 11.5 Å². The van der Waals surface area contributed by atoms with Crippen LogP contribution in [-0.2, 0) is 4.79 Å². The van der Waals surface area contributed by atoms with E-state index in [4.69, 9.17) is 0 Å². The van der Waals surface area contributed by atoms with Crippen molar-refractivity contribution in [2.45, 2.75) is 12.8 Å². The van der Waals surface area contributed by atoms with Gasteiger partial charge in [-0.25, -0.2) is 0 Å². The lowest BCUT2D eigenvalue weighted by Gasteiger charge is -1.80. The molecule has 2 aliphatic rings. The van der Waals surface area contributed by atoms with Crippen LogP contribution in [-0.4, -0.2) is 18.2 Å². The van der Waals surface area contributed by atoms with E-state index in [0.717, 1.165) is 19.4 Å². The zero-order valence-corrected chi connectivity index (χ0v) is 7.84. The molecule has 2 nitrogen and oxygen atoms in total. The lowest BCUT2D eigenvalue weighted by Crippen LogP contribution is -2.12. The van der Waals surface area contributed by atoms with Crippen LogP contribution in [0.2, 0.25) is 0 Å². The molecular formula is C7H11NOS2. The fraction of sp³-hybridized carbons (Fsp3) is 0.571. The molecule has 0 aromatic carbocycles. The lowest BCUT2D eigenvalue weighted by molar-refractivity contribution is -0.119. The summed E-state index contributed by atoms with van der Waals surface area (Å²) in [6.07, 6.45) is 3.92. The Balaban J connectivity index is 0.000000112. The highest BCUT2D eigenvalue weighted by Gasteiger charge is 2.05. The molecule has 0 bridgehead atoms. The third-order valence-corrected chi connectivity index (χ3v) is 3.20. The van der Waals surface area contributed by atoms with Gasteiger partial charge in [0.2, 0.25) is 5.91 Å². The number of hydrogen-bond acceptors (Lipinski definition) is 3. The highest BCUT2D eigenvalue weighted by molar-refractivity contribution is 8.78. The van der Waals surface area contributed by atoms with Crippen molar-refractivity contribution >= 4 is 27.5 Å². The number of rotatable bonds is 0. The Morgan fingerprint density at radius 1 is 1.55 bits per heavy atom. The van der Waals surface area contributed by atoms with E-state index in [0.29, 0.717) is 0 Å². The summed E-state index contributed by atoms with van der Waals surface area (Å²) in [6, 6.07) is 0. The van der Waals surface area contributed by atoms with E-state index in [1.165, 1.54) is 5.75 Å². The molecule has 62 valence electrons. The van der Waals surface area contributed by atoms with Gasteiger partial charge in [-0.3, -0.25) is 4.79 Å². The maximum Gasteiger partial charge on any atom is 0.220 e. The minimum atomic E-state index is 0.204. The van der Waals surface area contributed by atoms with E-state index in [9.17, 15) is 4.79 Å². The summed E-state index contributed by atoms with van der Waals surface area (Å²) in [5, 5.41) is 4.80. The fourth-order valence-corrected chi connectivity index (χ4v) is 2.33. The average Bonchev–Trinajstić information content (AvgIpc) is 2.57. The first-order valence-corrected chi connectivity index (χ1v) is 5.98. The molecule has 11 heavy (non-hydrogen) atoms. The number of nitrogens with one attached hydrogen (secondary N) is 1. The Morgan fingerprint density at radius 3 is 2.64 bits per heavy atom. The van der Waals surface area contributed by atoms with Gasteiger partial charge in [-0.15, -0.1) is 0 Å². The van der Waals surface area contributed by atoms with Gasteiger partial charge in [-0.1, -0.05) is 27.7 Å². The largest absolute Gasteiger partial charge is 0.356 e. The average molecular weight is 189 g/mol. The number of carbonyl (C=O) groups is 1. The Bertz CT molecular complexity index is 145. The Morgan fingerprint density at radius 2 is 2.45 bits per heavy atom. The van der Waals surface area contributed by atoms with Crippen LogP contribution in [0.25, 0.3) is 0 Å². The van der Waals surface area contributed by atoms with Crippen molar-refractivity contribution in [1.29, 1.82) is 0 Å². The van der Waals surface area contributed by atoms with Crippen molar-refractivity contribution in [3.63, 3.8) is 0 Å². The molecule has 0 saturated carbocycles. The van der Waals surface area contributed by atoms with E-state index < -0.39 is 0 Å². The van der Waals surface area contributed by atoms with E-state index >= 15 is 0 Å². The molecule has 2 rings (SSSR count). The van der Waals surface area contributed by atoms with E-state index in [1.54, 1.807) is 0 Å². The zero-order chi connectivity index (χ0) is 7.94. The van der Waals surface area contributed by atoms with Gasteiger partial charge in [0.15, 0.2) is 0 Å². The van der Waals surface area contributed by atoms with Gasteiger partial charge in [0, 0.05) is 18.7 Å². The smallest absolute Gasteiger partial charge is 0.220 e. The van der Waals surface area contributed by atoms with Crippen LogP contribution in [0.5, 0.6) is 0 Å². The Labute approximate surface area is 74.6 Å². The second-order valence-electron chi connectivity index (χ2n) is 2.21. The molecule has 0 aliphatic carbocycles. The van der Waals surface area contributed by atoms with E-state index in [1.807, 2.05) is 21.6 Å². The van der Waals surface area contributed by atoms with Gasteiger partial charge in [-0.2, -0.15) is 0 Å². The Kier molecular flexibility index (Phi) is 4.54. The van der Waals surface area contributed by atoms with Gasteiger partial charge in [0.25, 0.3) is 0 Å². The van der Waals surface area contributed by atoms with Gasteiger partial charge in [-0.05, 0) is 11.8 Å². The quantitative estimate of drug-likeness (QED) is 0.589. The zero-order valence-electron chi connectivity index (χ0n) is 6.21. The second-order valence-corrected chi connectivity index (χ2v) is 4.52. The van der Waals surface area contributed by atoms with E-state index in [-0.39, 0.29) is 5.91 Å². The summed E-state index contributed by atoms with van der Waals surface area (Å²) in [7, 11) is 3.69. The summed E-state index contributed by atoms with van der Waals surface area (Å²) in [5.74, 6) is 1.40. The molecule has 4 heteroatoms. The SMILES string of the molecule is C1=CSSC1.O=C1CCCN1. The van der Waals surface area contributed by atoms with Crippen LogP contribution >= 0.6 is 21.6 Å². The molecule has 2 heterocycles. The standard InChI is InChI=1S/C4H7NO.C3H4S2/c6-4-2-1-3-5-4;1-2-4-5-3-1/h1-3H2,(H,5,6);1-2H,3H2. The molecule has 0 aromatic heterocycles. The molecule has 0 spiro atoms. The van der Waals surface area contributed by atoms with Crippen molar-refractivity contribution in [1.82, 2.24) is 5.32 Å². The van der Waals surface area contributed by atoms with Gasteiger partial charge in [0.05, 0.1) is 0 Å². The molecule has 1 fully saturated rings. The monoisotopic (exact) mass is 189 g/mol. The molecule has 1 N–H and O–H groups in total. The minimum absolute atomic E-state index is 0.204. The molecule has 1 saturated heterocycles. The fourth-order valence-electron chi connectivity index (χ4n) is 0.762. The van der Waals surface area contributed by atoms with Crippen LogP contribution in [0, 0.1) is 0 Å². The number of amides is 1. The third-order valence-electron chi connectivity index (χ3n) is 1.29.